The van der Waals surface area contributed by atoms with E-state index in [0.717, 1.165) is 13.1 Å². The Morgan fingerprint density at radius 1 is 1.08 bits per heavy atom. The third-order valence-electron chi connectivity index (χ3n) is 3.15. The maximum atomic E-state index is 5.35. The molecular formula is C9H19N3O. The summed E-state index contributed by atoms with van der Waals surface area (Å²) >= 11 is 0. The predicted octanol–water partition coefficient (Wildman–Crippen LogP) is -0.251. The average molecular weight is 185 g/mol. The molecule has 13 heavy (non-hydrogen) atoms. The molecule has 0 aromatic heterocycles. The van der Waals surface area contributed by atoms with Gasteiger partial charge in [0.2, 0.25) is 0 Å². The van der Waals surface area contributed by atoms with Crippen LogP contribution in [0.5, 0.6) is 0 Å². The summed E-state index contributed by atoms with van der Waals surface area (Å²) in [6, 6.07) is 0.918. The molecule has 4 heteroatoms. The summed E-state index contributed by atoms with van der Waals surface area (Å²) in [7, 11) is 0. The van der Waals surface area contributed by atoms with Gasteiger partial charge in [-0.2, -0.15) is 0 Å². The van der Waals surface area contributed by atoms with Crippen molar-refractivity contribution in [3.63, 3.8) is 0 Å². The van der Waals surface area contributed by atoms with E-state index in [0.29, 0.717) is 12.1 Å². The summed E-state index contributed by atoms with van der Waals surface area (Å²) in [5, 5.41) is 6.88. The molecule has 0 bridgehead atoms. The van der Waals surface area contributed by atoms with E-state index in [1.165, 1.54) is 25.7 Å². The van der Waals surface area contributed by atoms with Crippen molar-refractivity contribution < 1.29 is 4.84 Å². The van der Waals surface area contributed by atoms with Gasteiger partial charge in [0.15, 0.2) is 0 Å². The second-order valence-corrected chi connectivity index (χ2v) is 4.01. The lowest BCUT2D eigenvalue weighted by atomic mass is 10.0. The molecule has 2 heterocycles. The lowest BCUT2D eigenvalue weighted by molar-refractivity contribution is 0.00817. The van der Waals surface area contributed by atoms with Crippen molar-refractivity contribution in [3.05, 3.63) is 0 Å². The lowest BCUT2D eigenvalue weighted by Crippen LogP contribution is -2.49. The van der Waals surface area contributed by atoms with Crippen molar-refractivity contribution in [2.24, 2.45) is 5.90 Å². The Bertz CT molecular complexity index is 137. The van der Waals surface area contributed by atoms with Crippen LogP contribution in [-0.2, 0) is 4.84 Å². The van der Waals surface area contributed by atoms with Gasteiger partial charge >= 0.3 is 0 Å². The zero-order valence-corrected chi connectivity index (χ0v) is 7.96. The van der Waals surface area contributed by atoms with Gasteiger partial charge in [0.1, 0.15) is 6.10 Å². The standard InChI is InChI=1S/C9H19N3O/c10-13-9(7-3-1-5-11-7)8-4-2-6-12-8/h7-9,11-12H,1-6,10H2/t7-,8-/m1/s1. The fourth-order valence-electron chi connectivity index (χ4n) is 2.45. The van der Waals surface area contributed by atoms with Crippen molar-refractivity contribution in [1.29, 1.82) is 0 Å². The molecule has 2 aliphatic heterocycles. The molecule has 4 N–H and O–H groups in total. The van der Waals surface area contributed by atoms with E-state index in [9.17, 15) is 0 Å². The molecule has 0 unspecified atom stereocenters. The molecule has 2 fully saturated rings. The summed E-state index contributed by atoms with van der Waals surface area (Å²) in [5.41, 5.74) is 0. The molecule has 0 aliphatic carbocycles. The van der Waals surface area contributed by atoms with Crippen molar-refractivity contribution in [3.8, 4) is 0 Å². The van der Waals surface area contributed by atoms with Crippen LogP contribution >= 0.6 is 0 Å². The molecule has 2 saturated heterocycles. The molecule has 0 aromatic rings. The van der Waals surface area contributed by atoms with Gasteiger partial charge < -0.3 is 10.6 Å². The Morgan fingerprint density at radius 3 is 1.92 bits per heavy atom. The van der Waals surface area contributed by atoms with Gasteiger partial charge in [-0.3, -0.25) is 4.84 Å². The molecule has 0 aromatic carbocycles. The fourth-order valence-corrected chi connectivity index (χ4v) is 2.45. The maximum absolute atomic E-state index is 5.35. The van der Waals surface area contributed by atoms with Gasteiger partial charge in [-0.1, -0.05) is 0 Å². The molecule has 4 nitrogen and oxygen atoms in total. The zero-order chi connectivity index (χ0) is 9.10. The van der Waals surface area contributed by atoms with Crippen LogP contribution in [0, 0.1) is 0 Å². The number of nitrogens with two attached hydrogens (primary N) is 1. The summed E-state index contributed by atoms with van der Waals surface area (Å²) in [5.74, 6) is 5.35. The molecule has 2 rings (SSSR count). The van der Waals surface area contributed by atoms with Gasteiger partial charge in [0.05, 0.1) is 0 Å². The van der Waals surface area contributed by atoms with Crippen LogP contribution in [0.4, 0.5) is 0 Å². The zero-order valence-electron chi connectivity index (χ0n) is 7.96. The average Bonchev–Trinajstić information content (AvgIpc) is 2.76. The minimum absolute atomic E-state index is 0.157. The number of hydrogen-bond donors (Lipinski definition) is 3. The van der Waals surface area contributed by atoms with Crippen LogP contribution in [-0.4, -0.2) is 31.3 Å². The Labute approximate surface area is 79.2 Å². The Hall–Kier alpha value is -0.160. The maximum Gasteiger partial charge on any atom is 0.109 e. The first-order chi connectivity index (χ1) is 6.42. The number of hydrogen-bond acceptors (Lipinski definition) is 4. The van der Waals surface area contributed by atoms with Crippen LogP contribution in [0.25, 0.3) is 0 Å². The largest absolute Gasteiger partial charge is 0.311 e. The minimum Gasteiger partial charge on any atom is -0.311 e. The van der Waals surface area contributed by atoms with Crippen LogP contribution in [0.2, 0.25) is 0 Å². The van der Waals surface area contributed by atoms with Gasteiger partial charge in [0.25, 0.3) is 0 Å². The smallest absolute Gasteiger partial charge is 0.109 e. The molecule has 0 radical (unpaired) electrons. The van der Waals surface area contributed by atoms with E-state index >= 15 is 0 Å². The molecule has 0 saturated carbocycles. The monoisotopic (exact) mass is 185 g/mol. The Kier molecular flexibility index (Phi) is 3.16. The Balaban J connectivity index is 1.90. The minimum atomic E-state index is 0.157. The molecule has 0 spiro atoms. The third kappa shape index (κ3) is 2.02. The summed E-state index contributed by atoms with van der Waals surface area (Å²) in [4.78, 5) is 5.09. The van der Waals surface area contributed by atoms with Gasteiger partial charge in [-0.25, -0.2) is 5.90 Å². The van der Waals surface area contributed by atoms with Crippen LogP contribution < -0.4 is 16.5 Å². The number of nitrogens with one attached hydrogen (secondary N) is 2. The molecule has 2 aliphatic rings. The fraction of sp³-hybridized carbons (Fsp3) is 1.00. The van der Waals surface area contributed by atoms with E-state index in [1.54, 1.807) is 0 Å². The summed E-state index contributed by atoms with van der Waals surface area (Å²) < 4.78 is 0. The summed E-state index contributed by atoms with van der Waals surface area (Å²) in [6.07, 6.45) is 5.04. The molecule has 2 atom stereocenters. The van der Waals surface area contributed by atoms with Crippen molar-refractivity contribution >= 4 is 0 Å². The van der Waals surface area contributed by atoms with Gasteiger partial charge in [-0.05, 0) is 38.8 Å². The van der Waals surface area contributed by atoms with E-state index in [2.05, 4.69) is 10.6 Å². The number of rotatable bonds is 3. The normalized spacial score (nSPS) is 34.6. The first kappa shape index (κ1) is 9.40. The highest BCUT2D eigenvalue weighted by atomic mass is 16.6. The van der Waals surface area contributed by atoms with E-state index < -0.39 is 0 Å². The van der Waals surface area contributed by atoms with Crippen molar-refractivity contribution in [1.82, 2.24) is 10.6 Å². The third-order valence-corrected chi connectivity index (χ3v) is 3.15. The summed E-state index contributed by atoms with van der Waals surface area (Å²) in [6.45, 7) is 2.22. The van der Waals surface area contributed by atoms with E-state index in [1.807, 2.05) is 0 Å². The quantitative estimate of drug-likeness (QED) is 0.531. The van der Waals surface area contributed by atoms with Crippen molar-refractivity contribution in [2.75, 3.05) is 13.1 Å². The molecule has 0 amide bonds. The molecular weight excluding hydrogens is 166 g/mol. The van der Waals surface area contributed by atoms with Crippen LogP contribution in [0.3, 0.4) is 0 Å². The lowest BCUT2D eigenvalue weighted by Gasteiger charge is -2.27. The Morgan fingerprint density at radius 2 is 1.62 bits per heavy atom. The van der Waals surface area contributed by atoms with E-state index in [-0.39, 0.29) is 6.10 Å². The highest BCUT2D eigenvalue weighted by Crippen LogP contribution is 2.19. The highest BCUT2D eigenvalue weighted by molar-refractivity contribution is 4.92. The first-order valence-electron chi connectivity index (χ1n) is 5.24. The molecule has 76 valence electrons. The SMILES string of the molecule is NOC([C@H]1CCCN1)[C@H]1CCCN1. The topological polar surface area (TPSA) is 59.3 Å². The van der Waals surface area contributed by atoms with Crippen LogP contribution in [0.1, 0.15) is 25.7 Å². The van der Waals surface area contributed by atoms with Gasteiger partial charge in [-0.15, -0.1) is 0 Å². The van der Waals surface area contributed by atoms with Crippen LogP contribution in [0.15, 0.2) is 0 Å². The van der Waals surface area contributed by atoms with Crippen molar-refractivity contribution in [2.45, 2.75) is 43.9 Å². The first-order valence-corrected chi connectivity index (χ1v) is 5.24. The predicted molar refractivity (Wildman–Crippen MR) is 51.1 cm³/mol. The second-order valence-electron chi connectivity index (χ2n) is 4.01. The second kappa shape index (κ2) is 4.37. The van der Waals surface area contributed by atoms with E-state index in [4.69, 9.17) is 10.7 Å². The van der Waals surface area contributed by atoms with Gasteiger partial charge in [0, 0.05) is 12.1 Å². The highest BCUT2D eigenvalue weighted by Gasteiger charge is 2.33.